The number of hydrogen-bond acceptors (Lipinski definition) is 3. The number of carbonyl (C=O) groups is 1. The monoisotopic (exact) mass is 315 g/mol. The number of halogens is 1. The van der Waals surface area contributed by atoms with Gasteiger partial charge in [0.15, 0.2) is 0 Å². The van der Waals surface area contributed by atoms with Crippen molar-refractivity contribution in [2.24, 2.45) is 5.73 Å². The number of hydrogen-bond donors (Lipinski definition) is 2. The van der Waals surface area contributed by atoms with Gasteiger partial charge >= 0.3 is 0 Å². The molecule has 5 heteroatoms. The molecule has 0 heterocycles. The average molecular weight is 315 g/mol. The van der Waals surface area contributed by atoms with Gasteiger partial charge in [-0.2, -0.15) is 0 Å². The maximum absolute atomic E-state index is 12.8. The van der Waals surface area contributed by atoms with Crippen LogP contribution in [-0.2, 0) is 17.9 Å². The minimum atomic E-state index is -0.281. The number of nitrogens with zero attached hydrogens (tertiary/aromatic N) is 1. The van der Waals surface area contributed by atoms with E-state index in [1.807, 2.05) is 35.2 Å². The lowest BCUT2D eigenvalue weighted by molar-refractivity contribution is -0.122. The van der Waals surface area contributed by atoms with Crippen molar-refractivity contribution in [2.75, 3.05) is 19.6 Å². The molecular weight excluding hydrogens is 293 g/mol. The molecule has 3 N–H and O–H groups in total. The van der Waals surface area contributed by atoms with Gasteiger partial charge in [-0.3, -0.25) is 9.69 Å². The van der Waals surface area contributed by atoms with Gasteiger partial charge in [-0.15, -0.1) is 0 Å². The van der Waals surface area contributed by atoms with Gasteiger partial charge in [0.1, 0.15) is 5.82 Å². The number of nitrogens with one attached hydrogen (secondary N) is 1. The summed E-state index contributed by atoms with van der Waals surface area (Å²) in [6.07, 6.45) is 0. The number of rotatable bonds is 8. The van der Waals surface area contributed by atoms with Crippen LogP contribution in [0.5, 0.6) is 0 Å². The van der Waals surface area contributed by atoms with Gasteiger partial charge in [-0.1, -0.05) is 42.5 Å². The second-order valence-corrected chi connectivity index (χ2v) is 5.39. The summed E-state index contributed by atoms with van der Waals surface area (Å²) >= 11 is 0. The van der Waals surface area contributed by atoms with Crippen LogP contribution in [-0.4, -0.2) is 30.4 Å². The molecule has 0 spiro atoms. The second-order valence-electron chi connectivity index (χ2n) is 5.39. The molecule has 2 rings (SSSR count). The molecule has 0 saturated heterocycles. The largest absolute Gasteiger partial charge is 0.351 e. The Balaban J connectivity index is 1.83. The van der Waals surface area contributed by atoms with Crippen molar-refractivity contribution in [1.29, 1.82) is 0 Å². The maximum atomic E-state index is 12.8. The minimum Gasteiger partial charge on any atom is -0.351 e. The Bertz CT molecular complexity index is 601. The van der Waals surface area contributed by atoms with Crippen LogP contribution in [0.2, 0.25) is 0 Å². The first-order valence-corrected chi connectivity index (χ1v) is 7.65. The summed E-state index contributed by atoms with van der Waals surface area (Å²) in [4.78, 5) is 14.1. The van der Waals surface area contributed by atoms with Gasteiger partial charge in [0.2, 0.25) is 5.91 Å². The summed E-state index contributed by atoms with van der Waals surface area (Å²) in [7, 11) is 0. The fraction of sp³-hybridized carbons (Fsp3) is 0.278. The van der Waals surface area contributed by atoms with Crippen molar-refractivity contribution in [3.8, 4) is 0 Å². The lowest BCUT2D eigenvalue weighted by Gasteiger charge is -2.21. The van der Waals surface area contributed by atoms with Crippen molar-refractivity contribution in [1.82, 2.24) is 10.2 Å². The van der Waals surface area contributed by atoms with E-state index < -0.39 is 0 Å². The molecule has 23 heavy (non-hydrogen) atoms. The molecule has 0 aliphatic rings. The number of amides is 1. The molecule has 1 amide bonds. The topological polar surface area (TPSA) is 58.4 Å². The van der Waals surface area contributed by atoms with Gasteiger partial charge in [0.05, 0.1) is 6.54 Å². The highest BCUT2D eigenvalue weighted by Crippen LogP contribution is 2.04. The van der Waals surface area contributed by atoms with Gasteiger partial charge in [-0.05, 0) is 23.3 Å². The third-order valence-electron chi connectivity index (χ3n) is 3.46. The van der Waals surface area contributed by atoms with Crippen LogP contribution in [0.15, 0.2) is 54.6 Å². The van der Waals surface area contributed by atoms with E-state index in [0.717, 1.165) is 11.1 Å². The van der Waals surface area contributed by atoms with Crippen molar-refractivity contribution < 1.29 is 9.18 Å². The zero-order chi connectivity index (χ0) is 16.5. The smallest absolute Gasteiger partial charge is 0.234 e. The van der Waals surface area contributed by atoms with E-state index >= 15 is 0 Å². The lowest BCUT2D eigenvalue weighted by Crippen LogP contribution is -2.39. The Morgan fingerprint density at radius 1 is 1.04 bits per heavy atom. The molecule has 0 aromatic heterocycles. The molecule has 0 atom stereocenters. The molecule has 0 aliphatic carbocycles. The molecule has 2 aromatic rings. The predicted octanol–water partition coefficient (Wildman–Crippen LogP) is 1.90. The van der Waals surface area contributed by atoms with E-state index in [0.29, 0.717) is 26.2 Å². The average Bonchev–Trinajstić information content (AvgIpc) is 2.55. The Morgan fingerprint density at radius 3 is 2.39 bits per heavy atom. The van der Waals surface area contributed by atoms with Crippen LogP contribution in [0, 0.1) is 5.82 Å². The van der Waals surface area contributed by atoms with Crippen LogP contribution < -0.4 is 11.1 Å². The summed E-state index contributed by atoms with van der Waals surface area (Å²) in [5, 5.41) is 2.85. The highest BCUT2D eigenvalue weighted by Gasteiger charge is 2.10. The molecule has 2 aromatic carbocycles. The summed E-state index contributed by atoms with van der Waals surface area (Å²) in [5.41, 5.74) is 7.64. The second kappa shape index (κ2) is 9.02. The zero-order valence-corrected chi connectivity index (χ0v) is 13.0. The van der Waals surface area contributed by atoms with Crippen molar-refractivity contribution >= 4 is 5.91 Å². The van der Waals surface area contributed by atoms with Gasteiger partial charge in [0, 0.05) is 26.2 Å². The first-order chi connectivity index (χ1) is 11.2. The third-order valence-corrected chi connectivity index (χ3v) is 3.46. The van der Waals surface area contributed by atoms with E-state index in [1.165, 1.54) is 12.1 Å². The molecule has 0 aliphatic heterocycles. The van der Waals surface area contributed by atoms with Gasteiger partial charge in [-0.25, -0.2) is 4.39 Å². The van der Waals surface area contributed by atoms with E-state index in [4.69, 9.17) is 5.73 Å². The van der Waals surface area contributed by atoms with E-state index in [9.17, 15) is 9.18 Å². The SMILES string of the molecule is NCCN(CC(=O)NCc1ccc(F)cc1)Cc1ccccc1. The first-order valence-electron chi connectivity index (χ1n) is 7.65. The quantitative estimate of drug-likeness (QED) is 0.782. The van der Waals surface area contributed by atoms with Crippen LogP contribution in [0.4, 0.5) is 4.39 Å². The Labute approximate surface area is 136 Å². The van der Waals surface area contributed by atoms with Crippen molar-refractivity contribution in [3.63, 3.8) is 0 Å². The minimum absolute atomic E-state index is 0.0706. The van der Waals surface area contributed by atoms with Crippen LogP contribution in [0.25, 0.3) is 0 Å². The number of benzene rings is 2. The normalized spacial score (nSPS) is 10.7. The fourth-order valence-corrected chi connectivity index (χ4v) is 2.30. The molecular formula is C18H22FN3O. The summed E-state index contributed by atoms with van der Waals surface area (Å²) in [6, 6.07) is 16.1. The molecule has 0 saturated carbocycles. The lowest BCUT2D eigenvalue weighted by atomic mass is 10.2. The Morgan fingerprint density at radius 2 is 1.74 bits per heavy atom. The molecule has 0 fully saturated rings. The Kier molecular flexibility index (Phi) is 6.72. The Hall–Kier alpha value is -2.24. The van der Waals surface area contributed by atoms with Crippen LogP contribution in [0.3, 0.4) is 0 Å². The highest BCUT2D eigenvalue weighted by molar-refractivity contribution is 5.78. The molecule has 4 nitrogen and oxygen atoms in total. The maximum Gasteiger partial charge on any atom is 0.234 e. The van der Waals surface area contributed by atoms with Crippen LogP contribution in [0.1, 0.15) is 11.1 Å². The number of nitrogens with two attached hydrogens (primary N) is 1. The summed E-state index contributed by atoms with van der Waals surface area (Å²) < 4.78 is 12.8. The highest BCUT2D eigenvalue weighted by atomic mass is 19.1. The fourth-order valence-electron chi connectivity index (χ4n) is 2.30. The van der Waals surface area contributed by atoms with Crippen molar-refractivity contribution in [2.45, 2.75) is 13.1 Å². The van der Waals surface area contributed by atoms with Gasteiger partial charge < -0.3 is 11.1 Å². The molecule has 0 unspecified atom stereocenters. The standard InChI is InChI=1S/C18H22FN3O/c19-17-8-6-15(7-9-17)12-21-18(23)14-22(11-10-20)13-16-4-2-1-3-5-16/h1-9H,10-14,20H2,(H,21,23). The van der Waals surface area contributed by atoms with E-state index in [1.54, 1.807) is 12.1 Å². The first kappa shape index (κ1) is 17.1. The molecule has 122 valence electrons. The summed E-state index contributed by atoms with van der Waals surface area (Å²) in [5.74, 6) is -0.351. The zero-order valence-electron chi connectivity index (χ0n) is 13.0. The summed E-state index contributed by atoms with van der Waals surface area (Å²) in [6.45, 7) is 2.51. The predicted molar refractivity (Wildman–Crippen MR) is 89.0 cm³/mol. The van der Waals surface area contributed by atoms with E-state index in [-0.39, 0.29) is 18.3 Å². The van der Waals surface area contributed by atoms with Gasteiger partial charge in [0.25, 0.3) is 0 Å². The van der Waals surface area contributed by atoms with Crippen LogP contribution >= 0.6 is 0 Å². The van der Waals surface area contributed by atoms with Crippen molar-refractivity contribution in [3.05, 3.63) is 71.5 Å². The van der Waals surface area contributed by atoms with E-state index in [2.05, 4.69) is 5.32 Å². The molecule has 0 radical (unpaired) electrons. The third kappa shape index (κ3) is 6.18. The molecule has 0 bridgehead atoms. The number of carbonyl (C=O) groups excluding carboxylic acids is 1.